The van der Waals surface area contributed by atoms with E-state index in [1.54, 1.807) is 0 Å². The summed E-state index contributed by atoms with van der Waals surface area (Å²) in [4.78, 5) is 0. The zero-order valence-electron chi connectivity index (χ0n) is 12.3. The summed E-state index contributed by atoms with van der Waals surface area (Å²) in [6, 6.07) is 18.5. The molecule has 0 unspecified atom stereocenters. The predicted molar refractivity (Wildman–Crippen MR) is 91.3 cm³/mol. The summed E-state index contributed by atoms with van der Waals surface area (Å²) in [5.74, 6) is -0.0465. The van der Waals surface area contributed by atoms with Crippen LogP contribution in [0, 0.1) is 0 Å². The maximum absolute atomic E-state index is 5.28. The topological polar surface area (TPSA) is 81.7 Å². The average Bonchev–Trinajstić information content (AvgIpc) is 2.97. The van der Waals surface area contributed by atoms with E-state index < -0.39 is 0 Å². The van der Waals surface area contributed by atoms with Crippen molar-refractivity contribution in [3.8, 4) is 5.69 Å². The molecule has 0 fully saturated rings. The molecular formula is C17H17N5. The van der Waals surface area contributed by atoms with Gasteiger partial charge >= 0.3 is 0 Å². The van der Waals surface area contributed by atoms with Gasteiger partial charge in [0.25, 0.3) is 0 Å². The Morgan fingerprint density at radius 2 is 1.64 bits per heavy atom. The molecule has 0 saturated carbocycles. The third-order valence-corrected chi connectivity index (χ3v) is 3.48. The third kappa shape index (κ3) is 2.69. The molecule has 4 N–H and O–H groups in total. The third-order valence-electron chi connectivity index (χ3n) is 3.48. The lowest BCUT2D eigenvalue weighted by Gasteiger charge is -2.07. The van der Waals surface area contributed by atoms with Gasteiger partial charge in [0.15, 0.2) is 0 Å². The van der Waals surface area contributed by atoms with Crippen LogP contribution in [0.5, 0.6) is 0 Å². The Morgan fingerprint density at radius 3 is 2.36 bits per heavy atom. The van der Waals surface area contributed by atoms with Gasteiger partial charge in [-0.2, -0.15) is 5.10 Å². The lowest BCUT2D eigenvalue weighted by atomic mass is 10.1. The molecule has 1 heterocycles. The molecule has 0 bridgehead atoms. The van der Waals surface area contributed by atoms with E-state index in [1.807, 2.05) is 31.2 Å². The van der Waals surface area contributed by atoms with Crippen LogP contribution in [0.3, 0.4) is 0 Å². The molecule has 3 aromatic rings. The molecule has 0 aliphatic heterocycles. The minimum atomic E-state index is -0.0465. The van der Waals surface area contributed by atoms with Crippen molar-refractivity contribution in [2.24, 2.45) is 21.7 Å². The summed E-state index contributed by atoms with van der Waals surface area (Å²) in [5.41, 5.74) is 14.6. The van der Waals surface area contributed by atoms with Gasteiger partial charge < -0.3 is 16.0 Å². The van der Waals surface area contributed by atoms with Crippen LogP contribution in [-0.2, 0) is 0 Å². The molecule has 0 aliphatic rings. The average molecular weight is 291 g/mol. The first-order valence-corrected chi connectivity index (χ1v) is 6.95. The number of aromatic nitrogens is 1. The van der Waals surface area contributed by atoms with E-state index in [0.717, 1.165) is 17.0 Å². The lowest BCUT2D eigenvalue weighted by molar-refractivity contribution is 1.13. The van der Waals surface area contributed by atoms with Crippen LogP contribution in [0.25, 0.3) is 16.6 Å². The highest BCUT2D eigenvalue weighted by Crippen LogP contribution is 2.20. The van der Waals surface area contributed by atoms with Gasteiger partial charge in [-0.15, -0.1) is 5.10 Å². The van der Waals surface area contributed by atoms with Crippen LogP contribution in [0.1, 0.15) is 12.5 Å². The largest absolute Gasteiger partial charge is 0.369 e. The predicted octanol–water partition coefficient (Wildman–Crippen LogP) is 2.63. The molecule has 0 spiro atoms. The van der Waals surface area contributed by atoms with Crippen molar-refractivity contribution in [2.75, 3.05) is 0 Å². The Kier molecular flexibility index (Phi) is 3.62. The zero-order valence-corrected chi connectivity index (χ0v) is 12.3. The van der Waals surface area contributed by atoms with Crippen molar-refractivity contribution in [3.63, 3.8) is 0 Å². The lowest BCUT2D eigenvalue weighted by Crippen LogP contribution is -2.22. The number of benzene rings is 2. The fourth-order valence-corrected chi connectivity index (χ4v) is 2.36. The van der Waals surface area contributed by atoms with E-state index in [-0.39, 0.29) is 5.96 Å². The normalized spacial score (nSPS) is 11.6. The van der Waals surface area contributed by atoms with Gasteiger partial charge in [0.05, 0.1) is 11.2 Å². The molecule has 0 radical (unpaired) electrons. The van der Waals surface area contributed by atoms with Crippen LogP contribution in [-0.4, -0.2) is 16.2 Å². The molecule has 110 valence electrons. The van der Waals surface area contributed by atoms with E-state index in [1.165, 1.54) is 10.9 Å². The van der Waals surface area contributed by atoms with E-state index >= 15 is 0 Å². The molecule has 2 aromatic carbocycles. The molecule has 3 rings (SSSR count). The Balaban J connectivity index is 1.95. The highest BCUT2D eigenvalue weighted by Gasteiger charge is 2.03. The van der Waals surface area contributed by atoms with Gasteiger partial charge in [0.1, 0.15) is 0 Å². The van der Waals surface area contributed by atoms with Gasteiger partial charge in [-0.3, -0.25) is 0 Å². The highest BCUT2D eigenvalue weighted by molar-refractivity contribution is 5.99. The van der Waals surface area contributed by atoms with Gasteiger partial charge in [0, 0.05) is 11.9 Å². The molecule has 5 heteroatoms. The van der Waals surface area contributed by atoms with Crippen molar-refractivity contribution in [1.29, 1.82) is 0 Å². The Labute approximate surface area is 128 Å². The van der Waals surface area contributed by atoms with Crippen LogP contribution in [0.15, 0.2) is 71.0 Å². The van der Waals surface area contributed by atoms with E-state index in [4.69, 9.17) is 11.5 Å². The Hall–Kier alpha value is -3.08. The second-order valence-electron chi connectivity index (χ2n) is 5.00. The summed E-state index contributed by atoms with van der Waals surface area (Å²) >= 11 is 0. The fourth-order valence-electron chi connectivity index (χ4n) is 2.36. The summed E-state index contributed by atoms with van der Waals surface area (Å²) < 4.78 is 2.15. The maximum atomic E-state index is 5.28. The smallest absolute Gasteiger partial charge is 0.211 e. The van der Waals surface area contributed by atoms with Crippen LogP contribution in [0.4, 0.5) is 0 Å². The summed E-state index contributed by atoms with van der Waals surface area (Å²) in [5, 5.41) is 8.87. The number of nitrogens with zero attached hydrogens (tertiary/aromatic N) is 3. The number of hydrogen-bond acceptors (Lipinski definition) is 2. The first-order chi connectivity index (χ1) is 10.6. The van der Waals surface area contributed by atoms with Crippen LogP contribution < -0.4 is 11.5 Å². The minimum Gasteiger partial charge on any atom is -0.369 e. The molecule has 0 atom stereocenters. The standard InChI is InChI=1S/C17H17N5/c1-12(20-21-17(18)19)13-6-8-15(9-7-13)22-11-10-14-4-2-3-5-16(14)22/h2-11H,1H3,(H4,18,19,21)/b20-12+. The quantitative estimate of drug-likeness (QED) is 0.442. The summed E-state index contributed by atoms with van der Waals surface area (Å²) in [6.07, 6.45) is 2.07. The Morgan fingerprint density at radius 1 is 0.909 bits per heavy atom. The number of rotatable bonds is 3. The number of hydrogen-bond donors (Lipinski definition) is 2. The first kappa shape index (κ1) is 13.9. The first-order valence-electron chi connectivity index (χ1n) is 6.95. The SMILES string of the molecule is C/C(=N\N=C(N)N)c1ccc(-n2ccc3ccccc32)cc1. The van der Waals surface area contributed by atoms with Crippen LogP contribution >= 0.6 is 0 Å². The van der Waals surface area contributed by atoms with E-state index in [9.17, 15) is 0 Å². The number of nitrogens with two attached hydrogens (primary N) is 2. The fraction of sp³-hybridized carbons (Fsp3) is 0.0588. The number of fused-ring (bicyclic) bond motifs is 1. The van der Waals surface area contributed by atoms with Crippen LogP contribution in [0.2, 0.25) is 0 Å². The molecule has 22 heavy (non-hydrogen) atoms. The number of para-hydroxylation sites is 1. The molecule has 0 saturated heterocycles. The second-order valence-corrected chi connectivity index (χ2v) is 5.00. The van der Waals surface area contributed by atoms with Crippen molar-refractivity contribution < 1.29 is 0 Å². The Bertz CT molecular complexity index is 852. The van der Waals surface area contributed by atoms with Gasteiger partial charge in [-0.1, -0.05) is 30.3 Å². The molecular weight excluding hydrogens is 274 g/mol. The number of guanidine groups is 1. The highest BCUT2D eigenvalue weighted by atomic mass is 15.3. The zero-order chi connectivity index (χ0) is 15.5. The molecule has 0 amide bonds. The van der Waals surface area contributed by atoms with Gasteiger partial charge in [0.2, 0.25) is 5.96 Å². The summed E-state index contributed by atoms with van der Waals surface area (Å²) in [7, 11) is 0. The van der Waals surface area contributed by atoms with Crippen molar-refractivity contribution in [1.82, 2.24) is 4.57 Å². The summed E-state index contributed by atoms with van der Waals surface area (Å²) in [6.45, 7) is 1.87. The van der Waals surface area contributed by atoms with Gasteiger partial charge in [-0.25, -0.2) is 0 Å². The van der Waals surface area contributed by atoms with Gasteiger partial charge in [-0.05, 0) is 42.1 Å². The van der Waals surface area contributed by atoms with Crippen molar-refractivity contribution in [2.45, 2.75) is 6.92 Å². The molecule has 5 nitrogen and oxygen atoms in total. The monoisotopic (exact) mass is 291 g/mol. The molecule has 0 aliphatic carbocycles. The minimum absolute atomic E-state index is 0.0465. The van der Waals surface area contributed by atoms with Crippen molar-refractivity contribution >= 4 is 22.6 Å². The van der Waals surface area contributed by atoms with Crippen molar-refractivity contribution in [3.05, 3.63) is 66.4 Å². The molecule has 1 aromatic heterocycles. The second kappa shape index (κ2) is 5.73. The van der Waals surface area contributed by atoms with E-state index in [0.29, 0.717) is 0 Å². The maximum Gasteiger partial charge on any atom is 0.211 e. The van der Waals surface area contributed by atoms with E-state index in [2.05, 4.69) is 51.3 Å².